The van der Waals surface area contributed by atoms with Gasteiger partial charge in [-0.15, -0.1) is 0 Å². The summed E-state index contributed by atoms with van der Waals surface area (Å²) in [5.41, 5.74) is -0.432. The minimum Gasteiger partial charge on any atom is -0.462 e. The van der Waals surface area contributed by atoms with Gasteiger partial charge in [0.15, 0.2) is 11.9 Å². The average Bonchev–Trinajstić information content (AvgIpc) is 2.19. The van der Waals surface area contributed by atoms with Gasteiger partial charge in [-0.05, 0) is 28.1 Å². The van der Waals surface area contributed by atoms with Crippen molar-refractivity contribution in [2.45, 2.75) is 0 Å². The normalized spacial score (nSPS) is 10.5. The number of fused-ring (bicyclic) bond motifs is 1. The number of hydrogen-bond donors (Lipinski definition) is 0. The smallest absolute Gasteiger partial charge is 0.203 e. The van der Waals surface area contributed by atoms with Gasteiger partial charge in [0.1, 0.15) is 12.1 Å². The molecule has 5 heteroatoms. The molecule has 0 atom stereocenters. The molecule has 2 rings (SSSR count). The minimum atomic E-state index is -0.565. The first-order valence-electron chi connectivity index (χ1n) is 3.99. The monoisotopic (exact) mass is 270 g/mol. The Morgan fingerprint density at radius 1 is 1.40 bits per heavy atom. The van der Waals surface area contributed by atoms with Crippen LogP contribution in [0.15, 0.2) is 32.1 Å². The van der Waals surface area contributed by atoms with Gasteiger partial charge in [0.2, 0.25) is 5.43 Å². The first-order chi connectivity index (χ1) is 7.13. The summed E-state index contributed by atoms with van der Waals surface area (Å²) in [6.07, 6.45) is 1.43. The van der Waals surface area contributed by atoms with Gasteiger partial charge in [-0.1, -0.05) is 0 Å². The summed E-state index contributed by atoms with van der Waals surface area (Å²) in [5.74, 6) is -0.565. The molecule has 0 unspecified atom stereocenters. The maximum atomic E-state index is 13.0. The topological polar surface area (TPSA) is 47.3 Å². The number of carbonyl (C=O) groups excluding carboxylic acids is 1. The Kier molecular flexibility index (Phi) is 2.40. The van der Waals surface area contributed by atoms with Crippen LogP contribution < -0.4 is 5.43 Å². The molecular formula is C10H4BrFO3. The molecule has 0 aliphatic carbocycles. The average molecular weight is 271 g/mol. The van der Waals surface area contributed by atoms with E-state index in [1.165, 1.54) is 6.07 Å². The first-order valence-corrected chi connectivity index (χ1v) is 4.78. The maximum absolute atomic E-state index is 13.0. The Balaban J connectivity index is 2.99. The fourth-order valence-corrected chi connectivity index (χ4v) is 1.79. The van der Waals surface area contributed by atoms with Gasteiger partial charge >= 0.3 is 0 Å². The molecule has 0 amide bonds. The standard InChI is InChI=1S/C10H4BrFO3/c11-8-2-6(12)1-7-9(14)5(3-13)4-15-10(7)8/h1-4H. The van der Waals surface area contributed by atoms with Gasteiger partial charge in [-0.3, -0.25) is 9.59 Å². The van der Waals surface area contributed by atoms with Gasteiger partial charge in [0.05, 0.1) is 15.4 Å². The van der Waals surface area contributed by atoms with Crippen LogP contribution >= 0.6 is 15.9 Å². The molecule has 76 valence electrons. The van der Waals surface area contributed by atoms with Crippen molar-refractivity contribution in [3.8, 4) is 0 Å². The second-order valence-corrected chi connectivity index (χ2v) is 3.76. The van der Waals surface area contributed by atoms with Gasteiger partial charge < -0.3 is 4.42 Å². The fourth-order valence-electron chi connectivity index (χ4n) is 1.26. The van der Waals surface area contributed by atoms with Crippen LogP contribution in [0.2, 0.25) is 0 Å². The zero-order valence-corrected chi connectivity index (χ0v) is 8.88. The lowest BCUT2D eigenvalue weighted by molar-refractivity contribution is 0.112. The molecule has 0 fully saturated rings. The van der Waals surface area contributed by atoms with E-state index in [1.54, 1.807) is 0 Å². The molecule has 0 bridgehead atoms. The van der Waals surface area contributed by atoms with Crippen LogP contribution in [0.3, 0.4) is 0 Å². The lowest BCUT2D eigenvalue weighted by atomic mass is 10.2. The van der Waals surface area contributed by atoms with E-state index in [4.69, 9.17) is 4.42 Å². The Morgan fingerprint density at radius 2 is 2.13 bits per heavy atom. The zero-order chi connectivity index (χ0) is 11.0. The van der Waals surface area contributed by atoms with E-state index < -0.39 is 11.2 Å². The van der Waals surface area contributed by atoms with Crippen molar-refractivity contribution in [1.82, 2.24) is 0 Å². The molecule has 3 nitrogen and oxygen atoms in total. The van der Waals surface area contributed by atoms with Crippen molar-refractivity contribution in [3.05, 3.63) is 44.5 Å². The molecule has 0 aliphatic heterocycles. The third-order valence-electron chi connectivity index (χ3n) is 1.95. The Bertz CT molecular complexity index is 603. The number of carbonyl (C=O) groups is 1. The Morgan fingerprint density at radius 3 is 2.80 bits per heavy atom. The highest BCUT2D eigenvalue weighted by Crippen LogP contribution is 2.23. The van der Waals surface area contributed by atoms with Crippen molar-refractivity contribution >= 4 is 33.2 Å². The molecule has 0 saturated carbocycles. The molecule has 1 aromatic carbocycles. The van der Waals surface area contributed by atoms with E-state index in [0.29, 0.717) is 10.8 Å². The predicted octanol–water partition coefficient (Wildman–Crippen LogP) is 2.51. The van der Waals surface area contributed by atoms with Gasteiger partial charge in [0.25, 0.3) is 0 Å². The van der Waals surface area contributed by atoms with Crippen molar-refractivity contribution < 1.29 is 13.6 Å². The van der Waals surface area contributed by atoms with Crippen molar-refractivity contribution in [1.29, 1.82) is 0 Å². The molecule has 1 aromatic heterocycles. The lowest BCUT2D eigenvalue weighted by Crippen LogP contribution is -2.07. The van der Waals surface area contributed by atoms with Gasteiger partial charge in [0, 0.05) is 0 Å². The number of halogens is 2. The van der Waals surface area contributed by atoms with E-state index >= 15 is 0 Å². The van der Waals surface area contributed by atoms with E-state index in [1.807, 2.05) is 0 Å². The number of hydrogen-bond acceptors (Lipinski definition) is 3. The molecule has 0 aliphatic rings. The molecular weight excluding hydrogens is 267 g/mol. The zero-order valence-electron chi connectivity index (χ0n) is 7.29. The Hall–Kier alpha value is -1.49. The Labute approximate surface area is 91.6 Å². The summed E-state index contributed by atoms with van der Waals surface area (Å²) < 4.78 is 18.4. The van der Waals surface area contributed by atoms with Crippen LogP contribution in [-0.2, 0) is 0 Å². The SMILES string of the molecule is O=Cc1coc2c(Br)cc(F)cc2c1=O. The predicted molar refractivity (Wildman–Crippen MR) is 55.5 cm³/mol. The van der Waals surface area contributed by atoms with Crippen molar-refractivity contribution in [2.24, 2.45) is 0 Å². The second kappa shape index (κ2) is 3.58. The van der Waals surface area contributed by atoms with Crippen LogP contribution in [0.5, 0.6) is 0 Å². The summed E-state index contributed by atoms with van der Waals surface area (Å²) in [4.78, 5) is 22.1. The third-order valence-corrected chi connectivity index (χ3v) is 2.53. The maximum Gasteiger partial charge on any atom is 0.203 e. The molecule has 0 N–H and O–H groups in total. The number of rotatable bonds is 1. The summed E-state index contributed by atoms with van der Waals surface area (Å²) in [5, 5.41) is 0.0477. The molecule has 0 spiro atoms. The highest BCUT2D eigenvalue weighted by Gasteiger charge is 2.10. The van der Waals surface area contributed by atoms with E-state index in [2.05, 4.69) is 15.9 Å². The van der Waals surface area contributed by atoms with Crippen LogP contribution in [-0.4, -0.2) is 6.29 Å². The largest absolute Gasteiger partial charge is 0.462 e. The molecule has 15 heavy (non-hydrogen) atoms. The molecule has 1 heterocycles. The molecule has 0 radical (unpaired) electrons. The summed E-state index contributed by atoms with van der Waals surface area (Å²) >= 11 is 3.07. The quantitative estimate of drug-likeness (QED) is 0.748. The number of benzene rings is 1. The van der Waals surface area contributed by atoms with Gasteiger partial charge in [-0.2, -0.15) is 0 Å². The van der Waals surface area contributed by atoms with Crippen LogP contribution in [0.25, 0.3) is 11.0 Å². The van der Waals surface area contributed by atoms with Crippen LogP contribution in [0.4, 0.5) is 4.39 Å². The third kappa shape index (κ3) is 1.59. The number of aldehydes is 1. The minimum absolute atomic E-state index is 0.0477. The van der Waals surface area contributed by atoms with E-state index in [0.717, 1.165) is 12.3 Å². The summed E-state index contributed by atoms with van der Waals surface area (Å²) in [7, 11) is 0. The van der Waals surface area contributed by atoms with Gasteiger partial charge in [-0.25, -0.2) is 4.39 Å². The van der Waals surface area contributed by atoms with E-state index in [9.17, 15) is 14.0 Å². The van der Waals surface area contributed by atoms with Crippen molar-refractivity contribution in [3.63, 3.8) is 0 Å². The van der Waals surface area contributed by atoms with E-state index in [-0.39, 0.29) is 16.5 Å². The molecule has 0 saturated heterocycles. The molecule has 2 aromatic rings. The summed E-state index contributed by atoms with van der Waals surface area (Å²) in [6, 6.07) is 2.23. The lowest BCUT2D eigenvalue weighted by Gasteiger charge is -1.99. The van der Waals surface area contributed by atoms with Crippen molar-refractivity contribution in [2.75, 3.05) is 0 Å². The highest BCUT2D eigenvalue weighted by atomic mass is 79.9. The van der Waals surface area contributed by atoms with Crippen LogP contribution in [0.1, 0.15) is 10.4 Å². The first kappa shape index (κ1) is 10.0. The fraction of sp³-hybridized carbons (Fsp3) is 0. The second-order valence-electron chi connectivity index (χ2n) is 2.90. The highest BCUT2D eigenvalue weighted by molar-refractivity contribution is 9.10. The summed E-state index contributed by atoms with van der Waals surface area (Å²) in [6.45, 7) is 0. The van der Waals surface area contributed by atoms with Crippen LogP contribution in [0, 0.1) is 5.82 Å².